The van der Waals surface area contributed by atoms with E-state index in [0.717, 1.165) is 15.8 Å². The van der Waals surface area contributed by atoms with Gasteiger partial charge < -0.3 is 5.32 Å². The molecule has 0 saturated heterocycles. The van der Waals surface area contributed by atoms with Crippen molar-refractivity contribution >= 4 is 5.82 Å². The van der Waals surface area contributed by atoms with E-state index in [0.29, 0.717) is 18.7 Å². The average Bonchev–Trinajstić information content (AvgIpc) is 2.94. The van der Waals surface area contributed by atoms with Gasteiger partial charge in [0.1, 0.15) is 5.82 Å². The first kappa shape index (κ1) is 18.4. The lowest BCUT2D eigenvalue weighted by Gasteiger charge is -2.41. The molecule has 0 aromatic carbocycles. The van der Waals surface area contributed by atoms with Gasteiger partial charge in [0.05, 0.1) is 6.20 Å². The van der Waals surface area contributed by atoms with Crippen LogP contribution in [0, 0.1) is 0 Å². The van der Waals surface area contributed by atoms with Gasteiger partial charge in [0.15, 0.2) is 5.54 Å². The van der Waals surface area contributed by atoms with Crippen molar-refractivity contribution in [1.29, 1.82) is 0 Å². The Morgan fingerprint density at radius 3 is 2.79 bits per heavy atom. The summed E-state index contributed by atoms with van der Waals surface area (Å²) in [4.78, 5) is 0. The fourth-order valence-corrected chi connectivity index (χ4v) is 3.06. The van der Waals surface area contributed by atoms with E-state index < -0.39 is 11.7 Å². The largest absolute Gasteiger partial charge is 0.413 e. The molecule has 1 aromatic rings. The predicted molar refractivity (Wildman–Crippen MR) is 91.0 cm³/mol. The zero-order chi connectivity index (χ0) is 18.0. The minimum Gasteiger partial charge on any atom is -0.367 e. The van der Waals surface area contributed by atoms with Gasteiger partial charge in [0.2, 0.25) is 0 Å². The topological polar surface area (TPSA) is 29.9 Å². The van der Waals surface area contributed by atoms with Crippen LogP contribution < -0.4 is 5.32 Å². The molecule has 0 radical (unpaired) electrons. The van der Waals surface area contributed by atoms with Crippen molar-refractivity contribution in [3.8, 4) is 0 Å². The van der Waals surface area contributed by atoms with E-state index in [2.05, 4.69) is 17.0 Å². The average molecular weight is 339 g/mol. The normalized spacial score (nSPS) is 24.8. The SMILES string of the molecule is C=C/C(=C\C=C/C)CC1CC(C)(C(F)(F)F)n2ncc(CC)c2N1. The molecule has 0 fully saturated rings. The molecule has 1 N–H and O–H groups in total. The van der Waals surface area contributed by atoms with Gasteiger partial charge in [-0.2, -0.15) is 18.3 Å². The summed E-state index contributed by atoms with van der Waals surface area (Å²) in [5.74, 6) is 0.475. The highest BCUT2D eigenvalue weighted by atomic mass is 19.4. The molecular weight excluding hydrogens is 315 g/mol. The highest BCUT2D eigenvalue weighted by molar-refractivity contribution is 5.48. The Balaban J connectivity index is 2.40. The molecule has 0 bridgehead atoms. The first-order valence-corrected chi connectivity index (χ1v) is 8.11. The monoisotopic (exact) mass is 339 g/mol. The third-order valence-electron chi connectivity index (χ3n) is 4.54. The number of hydrogen-bond acceptors (Lipinski definition) is 2. The van der Waals surface area contributed by atoms with Crippen molar-refractivity contribution < 1.29 is 13.2 Å². The molecule has 2 heterocycles. The molecule has 3 nitrogen and oxygen atoms in total. The van der Waals surface area contributed by atoms with E-state index in [1.165, 1.54) is 13.1 Å². The number of anilines is 1. The van der Waals surface area contributed by atoms with Gasteiger partial charge in [-0.25, -0.2) is 4.68 Å². The van der Waals surface area contributed by atoms with Crippen LogP contribution in [0.15, 0.2) is 42.7 Å². The van der Waals surface area contributed by atoms with Gasteiger partial charge in [-0.1, -0.05) is 37.8 Å². The predicted octanol–water partition coefficient (Wildman–Crippen LogP) is 4.99. The zero-order valence-electron chi connectivity index (χ0n) is 14.3. The van der Waals surface area contributed by atoms with Crippen LogP contribution in [-0.4, -0.2) is 22.0 Å². The molecule has 1 aliphatic rings. The van der Waals surface area contributed by atoms with E-state index in [4.69, 9.17) is 0 Å². The second kappa shape index (κ2) is 6.87. The van der Waals surface area contributed by atoms with Crippen LogP contribution in [0.5, 0.6) is 0 Å². The van der Waals surface area contributed by atoms with Crippen molar-refractivity contribution in [2.24, 2.45) is 0 Å². The number of alkyl halides is 3. The maximum Gasteiger partial charge on any atom is 0.413 e. The van der Waals surface area contributed by atoms with Gasteiger partial charge in [0, 0.05) is 18.0 Å². The van der Waals surface area contributed by atoms with Crippen LogP contribution in [-0.2, 0) is 12.0 Å². The molecular formula is C18H24F3N3. The van der Waals surface area contributed by atoms with Crippen molar-refractivity contribution in [3.63, 3.8) is 0 Å². The van der Waals surface area contributed by atoms with Crippen LogP contribution in [0.2, 0.25) is 0 Å². The highest BCUT2D eigenvalue weighted by Gasteiger charge is 2.57. The molecule has 1 aromatic heterocycles. The summed E-state index contributed by atoms with van der Waals surface area (Å²) in [5.41, 5.74) is -0.313. The lowest BCUT2D eigenvalue weighted by molar-refractivity contribution is -0.216. The number of allylic oxidation sites excluding steroid dienone is 4. The molecule has 0 aliphatic carbocycles. The van der Waals surface area contributed by atoms with Gasteiger partial charge >= 0.3 is 6.18 Å². The maximum atomic E-state index is 13.8. The van der Waals surface area contributed by atoms with Gasteiger partial charge in [-0.15, -0.1) is 0 Å². The first-order chi connectivity index (χ1) is 11.3. The van der Waals surface area contributed by atoms with Crippen molar-refractivity contribution in [2.45, 2.75) is 57.8 Å². The van der Waals surface area contributed by atoms with Crippen LogP contribution in [0.1, 0.15) is 39.2 Å². The number of nitrogens with zero attached hydrogens (tertiary/aromatic N) is 2. The Bertz CT molecular complexity index is 655. The smallest absolute Gasteiger partial charge is 0.367 e. The lowest BCUT2D eigenvalue weighted by Crippen LogP contribution is -2.52. The van der Waals surface area contributed by atoms with Crippen LogP contribution in [0.4, 0.5) is 19.0 Å². The van der Waals surface area contributed by atoms with Crippen molar-refractivity contribution in [3.05, 3.63) is 48.2 Å². The fourth-order valence-electron chi connectivity index (χ4n) is 3.06. The summed E-state index contributed by atoms with van der Waals surface area (Å²) in [6, 6.07) is -0.333. The summed E-state index contributed by atoms with van der Waals surface area (Å²) in [6.45, 7) is 8.79. The maximum absolute atomic E-state index is 13.8. The molecule has 6 heteroatoms. The Morgan fingerprint density at radius 1 is 1.54 bits per heavy atom. The number of fused-ring (bicyclic) bond motifs is 1. The lowest BCUT2D eigenvalue weighted by atomic mass is 9.87. The molecule has 0 amide bonds. The number of hydrogen-bond donors (Lipinski definition) is 1. The summed E-state index contributed by atoms with van der Waals surface area (Å²) in [7, 11) is 0. The second-order valence-corrected chi connectivity index (χ2v) is 6.28. The minimum absolute atomic E-state index is 0.0741. The quantitative estimate of drug-likeness (QED) is 0.766. The molecule has 2 unspecified atom stereocenters. The zero-order valence-corrected chi connectivity index (χ0v) is 14.3. The van der Waals surface area contributed by atoms with E-state index in [1.807, 2.05) is 32.1 Å². The number of rotatable bonds is 5. The number of nitrogens with one attached hydrogen (secondary N) is 1. The molecule has 2 atom stereocenters. The van der Waals surface area contributed by atoms with E-state index >= 15 is 0 Å². The Hall–Kier alpha value is -1.98. The minimum atomic E-state index is -4.37. The highest BCUT2D eigenvalue weighted by Crippen LogP contribution is 2.46. The summed E-state index contributed by atoms with van der Waals surface area (Å²) in [5, 5.41) is 7.27. The standard InChI is InChI=1S/C18H24F3N3/c1-5-8-9-13(6-2)10-15-11-17(4,18(19,20)21)24-16(23-15)14(7-3)12-22-24/h5-6,8-9,12,15,23H,2,7,10-11H2,1,3-4H3/b8-5-,13-9+. The third kappa shape index (κ3) is 3.28. The number of halogens is 3. The molecule has 132 valence electrons. The van der Waals surface area contributed by atoms with Crippen molar-refractivity contribution in [1.82, 2.24) is 9.78 Å². The molecule has 0 spiro atoms. The van der Waals surface area contributed by atoms with Crippen LogP contribution in [0.3, 0.4) is 0 Å². The van der Waals surface area contributed by atoms with E-state index in [1.54, 1.807) is 6.08 Å². The Kier molecular flexibility index (Phi) is 5.26. The number of aryl methyl sites for hydroxylation is 1. The van der Waals surface area contributed by atoms with Crippen LogP contribution >= 0.6 is 0 Å². The summed E-state index contributed by atoms with van der Waals surface area (Å²) >= 11 is 0. The van der Waals surface area contributed by atoms with E-state index in [9.17, 15) is 13.2 Å². The van der Waals surface area contributed by atoms with Crippen LogP contribution in [0.25, 0.3) is 0 Å². The molecule has 0 saturated carbocycles. The fraction of sp³-hybridized carbons (Fsp3) is 0.500. The van der Waals surface area contributed by atoms with Gasteiger partial charge in [-0.3, -0.25) is 0 Å². The Morgan fingerprint density at radius 2 is 2.25 bits per heavy atom. The van der Waals surface area contributed by atoms with Crippen molar-refractivity contribution in [2.75, 3.05) is 5.32 Å². The van der Waals surface area contributed by atoms with Gasteiger partial charge in [0.25, 0.3) is 0 Å². The summed E-state index contributed by atoms with van der Waals surface area (Å²) < 4.78 is 42.4. The molecule has 1 aliphatic heterocycles. The third-order valence-corrected chi connectivity index (χ3v) is 4.54. The molecule has 2 rings (SSSR count). The summed E-state index contributed by atoms with van der Waals surface area (Å²) in [6.07, 6.45) is 5.51. The number of aromatic nitrogens is 2. The van der Waals surface area contributed by atoms with Gasteiger partial charge in [-0.05, 0) is 32.3 Å². The Labute approximate surface area is 140 Å². The first-order valence-electron chi connectivity index (χ1n) is 8.11. The molecule has 24 heavy (non-hydrogen) atoms. The second-order valence-electron chi connectivity index (χ2n) is 6.28. The van der Waals surface area contributed by atoms with E-state index in [-0.39, 0.29) is 12.5 Å².